The van der Waals surface area contributed by atoms with Gasteiger partial charge in [0.1, 0.15) is 18.3 Å². The first-order chi connectivity index (χ1) is 21.2. The van der Waals surface area contributed by atoms with Crippen molar-refractivity contribution in [2.24, 2.45) is 15.8 Å². The van der Waals surface area contributed by atoms with Crippen LogP contribution in [0.4, 0.5) is 9.59 Å². The number of esters is 2. The monoisotopic (exact) mass is 660 g/mol. The molecule has 2 rings (SSSR count). The smallest absolute Gasteiger partial charge is 0.416 e. The van der Waals surface area contributed by atoms with E-state index in [1.54, 1.807) is 41.5 Å². The van der Waals surface area contributed by atoms with Gasteiger partial charge in [0.15, 0.2) is 6.10 Å². The van der Waals surface area contributed by atoms with Crippen molar-refractivity contribution in [2.75, 3.05) is 20.2 Å². The average molecular weight is 661 g/mol. The quantitative estimate of drug-likeness (QED) is 0.0809. The summed E-state index contributed by atoms with van der Waals surface area (Å²) < 4.78 is 30.3. The minimum atomic E-state index is -1.58. The van der Waals surface area contributed by atoms with Crippen LogP contribution in [0.15, 0.2) is 16.8 Å². The Bertz CT molecular complexity index is 1190. The number of rotatable bonds is 8. The number of nitrogens with zero attached hydrogens (tertiary/aromatic N) is 1. The normalized spacial score (nSPS) is 24.2. The van der Waals surface area contributed by atoms with Crippen molar-refractivity contribution < 1.29 is 72.5 Å². The van der Waals surface area contributed by atoms with E-state index in [-0.39, 0.29) is 6.61 Å². The maximum atomic E-state index is 12.6. The molecule has 1 unspecified atom stereocenters. The molecule has 6 N–H and O–H groups in total. The number of guanidine groups is 1. The van der Waals surface area contributed by atoms with E-state index in [9.17, 15) is 44.1 Å². The molecule has 0 aromatic heterocycles. The van der Waals surface area contributed by atoms with E-state index in [0.29, 0.717) is 0 Å². The molecule has 2 heterocycles. The Balaban J connectivity index is 2.40. The maximum absolute atomic E-state index is 12.6. The van der Waals surface area contributed by atoms with Gasteiger partial charge in [-0.3, -0.25) is 25.0 Å². The first-order valence-electron chi connectivity index (χ1n) is 13.9. The molecule has 1 saturated heterocycles. The highest BCUT2D eigenvalue weighted by Gasteiger charge is 2.49. The van der Waals surface area contributed by atoms with Crippen molar-refractivity contribution in [1.82, 2.24) is 16.0 Å². The Morgan fingerprint density at radius 1 is 0.870 bits per heavy atom. The van der Waals surface area contributed by atoms with Gasteiger partial charge < -0.3 is 49.1 Å². The molecule has 0 bridgehead atoms. The molecule has 2 aliphatic heterocycles. The number of hydrogen-bond donors (Lipinski definition) is 6. The van der Waals surface area contributed by atoms with E-state index in [1.165, 1.54) is 0 Å². The molecule has 3 amide bonds. The van der Waals surface area contributed by atoms with E-state index >= 15 is 0 Å². The van der Waals surface area contributed by atoms with Crippen LogP contribution < -0.4 is 16.0 Å². The average Bonchev–Trinajstić information content (AvgIpc) is 3.25. The Labute approximate surface area is 263 Å². The van der Waals surface area contributed by atoms with Gasteiger partial charge in [-0.05, 0) is 47.6 Å². The molecule has 0 aromatic carbocycles. The predicted molar refractivity (Wildman–Crippen MR) is 151 cm³/mol. The lowest BCUT2D eigenvalue weighted by atomic mass is 9.92. The number of carboxylic acid groups (broad SMARTS) is 1. The third kappa shape index (κ3) is 11.1. The Hall–Kier alpha value is -4.49. The van der Waals surface area contributed by atoms with Gasteiger partial charge >= 0.3 is 30.1 Å². The number of amides is 3. The van der Waals surface area contributed by atoms with Crippen molar-refractivity contribution >= 4 is 42.0 Å². The zero-order chi connectivity index (χ0) is 35.0. The maximum Gasteiger partial charge on any atom is 0.416 e. The Morgan fingerprint density at radius 3 is 1.76 bits per heavy atom. The number of carboxylic acids is 1. The number of ether oxygens (including phenoxy) is 6. The molecule has 0 aliphatic carbocycles. The number of aliphatic hydroxyl groups excluding tert-OH is 2. The lowest BCUT2D eigenvalue weighted by molar-refractivity contribution is -0.162. The minimum absolute atomic E-state index is 0.329. The van der Waals surface area contributed by atoms with Crippen LogP contribution in [0.1, 0.15) is 48.5 Å². The van der Waals surface area contributed by atoms with Gasteiger partial charge in [0.25, 0.3) is 0 Å². The van der Waals surface area contributed by atoms with Crippen LogP contribution in [-0.4, -0.2) is 114 Å². The van der Waals surface area contributed by atoms with Crippen LogP contribution in [-0.2, 0) is 47.6 Å². The molecular formula is C27H40N4O15. The van der Waals surface area contributed by atoms with Gasteiger partial charge in [0, 0.05) is 6.92 Å². The largest absolute Gasteiger partial charge is 0.478 e. The van der Waals surface area contributed by atoms with Gasteiger partial charge in [-0.2, -0.15) is 0 Å². The third-order valence-electron chi connectivity index (χ3n) is 6.11. The SMILES string of the molecule is CC(=O)N[C@@H]1[C@@H](N=C(NC(=O)OCOC(=O)C(C)(C)C)NC(=O)OCOC(=O)C(C)(C)C)C=C(C(=O)O)O[C@H]1C1OC[C@@H](O)[C@H]1O. The second kappa shape index (κ2) is 15.7. The summed E-state index contributed by atoms with van der Waals surface area (Å²) in [5.41, 5.74) is -1.82. The highest BCUT2D eigenvalue weighted by molar-refractivity contribution is 6.01. The van der Waals surface area contributed by atoms with Crippen molar-refractivity contribution in [3.63, 3.8) is 0 Å². The summed E-state index contributed by atoms with van der Waals surface area (Å²) in [6, 6.07) is -2.76. The van der Waals surface area contributed by atoms with E-state index in [4.69, 9.17) is 28.4 Å². The number of carbonyl (C=O) groups is 6. The Kier molecular flexibility index (Phi) is 12.8. The summed E-state index contributed by atoms with van der Waals surface area (Å²) >= 11 is 0. The van der Waals surface area contributed by atoms with Gasteiger partial charge in [0.05, 0.1) is 29.5 Å². The number of alkyl carbamates (subject to hydrolysis) is 2. The van der Waals surface area contributed by atoms with Gasteiger partial charge in [-0.15, -0.1) is 0 Å². The molecule has 0 aromatic rings. The van der Waals surface area contributed by atoms with Gasteiger partial charge in [-0.25, -0.2) is 19.4 Å². The molecule has 1 fully saturated rings. The lowest BCUT2D eigenvalue weighted by Crippen LogP contribution is -2.59. The highest BCUT2D eigenvalue weighted by Crippen LogP contribution is 2.30. The number of nitrogens with one attached hydrogen (secondary N) is 3. The molecule has 46 heavy (non-hydrogen) atoms. The summed E-state index contributed by atoms with van der Waals surface area (Å²) in [7, 11) is 0. The molecule has 6 atom stereocenters. The third-order valence-corrected chi connectivity index (χ3v) is 6.11. The molecule has 0 saturated carbocycles. The fourth-order valence-electron chi connectivity index (χ4n) is 3.76. The van der Waals surface area contributed by atoms with Gasteiger partial charge in [0.2, 0.25) is 31.2 Å². The van der Waals surface area contributed by atoms with E-state index in [2.05, 4.69) is 20.9 Å². The standard InChI is InChI=1S/C27H40N4O15/c1-12(32)28-16-13(8-15(20(35)36)46-18(16)19-17(34)14(33)9-41-19)29-23(30-24(39)44-10-42-21(37)26(2,3)4)31-25(40)45-11-43-22(38)27(5,6)7/h8,13-14,16-19,33-34H,9-11H2,1-7H3,(H,28,32)(H,35,36)(H2,29,30,31,39,40)/t13-,14+,16+,17+,18+,19?/m0/s1. The molecule has 258 valence electrons. The Morgan fingerprint density at radius 2 is 1.37 bits per heavy atom. The number of aliphatic hydroxyl groups is 2. The van der Waals surface area contributed by atoms with Crippen molar-refractivity contribution in [3.05, 3.63) is 11.8 Å². The first-order valence-corrected chi connectivity index (χ1v) is 13.9. The number of aliphatic imine (C=N–C) groups is 1. The molecule has 0 radical (unpaired) electrons. The lowest BCUT2D eigenvalue weighted by Gasteiger charge is -2.38. The molecular weight excluding hydrogens is 620 g/mol. The number of hydrogen-bond acceptors (Lipinski definition) is 15. The molecule has 19 heteroatoms. The summed E-state index contributed by atoms with van der Waals surface area (Å²) in [6.07, 6.45) is -7.37. The second-order valence-corrected chi connectivity index (χ2v) is 12.2. The van der Waals surface area contributed by atoms with Crippen LogP contribution in [0, 0.1) is 10.8 Å². The van der Waals surface area contributed by atoms with Crippen LogP contribution in [0.25, 0.3) is 0 Å². The van der Waals surface area contributed by atoms with E-state index < -0.39 is 109 Å². The zero-order valence-electron chi connectivity index (χ0n) is 26.4. The summed E-state index contributed by atoms with van der Waals surface area (Å²) in [4.78, 5) is 77.3. The minimum Gasteiger partial charge on any atom is -0.478 e. The summed E-state index contributed by atoms with van der Waals surface area (Å²) in [5.74, 6) is -5.05. The number of carbonyl (C=O) groups excluding carboxylic acids is 5. The fourth-order valence-corrected chi connectivity index (χ4v) is 3.76. The zero-order valence-corrected chi connectivity index (χ0v) is 26.4. The van der Waals surface area contributed by atoms with Crippen LogP contribution in [0.5, 0.6) is 0 Å². The fraction of sp³-hybridized carbons (Fsp3) is 0.667. The molecule has 0 spiro atoms. The van der Waals surface area contributed by atoms with Crippen LogP contribution in [0.3, 0.4) is 0 Å². The predicted octanol–water partition coefficient (Wildman–Crippen LogP) is -0.750. The topological polar surface area (TPSA) is 267 Å². The van der Waals surface area contributed by atoms with Crippen LogP contribution in [0.2, 0.25) is 0 Å². The summed E-state index contributed by atoms with van der Waals surface area (Å²) in [5, 5.41) is 36.8. The van der Waals surface area contributed by atoms with Crippen molar-refractivity contribution in [1.29, 1.82) is 0 Å². The molecule has 2 aliphatic rings. The first kappa shape index (κ1) is 37.7. The van der Waals surface area contributed by atoms with Crippen molar-refractivity contribution in [3.8, 4) is 0 Å². The second-order valence-electron chi connectivity index (χ2n) is 12.2. The van der Waals surface area contributed by atoms with E-state index in [0.717, 1.165) is 13.0 Å². The summed E-state index contributed by atoms with van der Waals surface area (Å²) in [6.45, 7) is 8.52. The highest BCUT2D eigenvalue weighted by atomic mass is 16.7. The van der Waals surface area contributed by atoms with Crippen LogP contribution >= 0.6 is 0 Å². The molecule has 19 nitrogen and oxygen atoms in total. The van der Waals surface area contributed by atoms with Gasteiger partial charge in [-0.1, -0.05) is 0 Å². The number of aliphatic carboxylic acids is 1. The van der Waals surface area contributed by atoms with Crippen molar-refractivity contribution in [2.45, 2.75) is 85.0 Å². The van der Waals surface area contributed by atoms with E-state index in [1.807, 2.05) is 0 Å².